The summed E-state index contributed by atoms with van der Waals surface area (Å²) >= 11 is 0. The fourth-order valence-corrected chi connectivity index (χ4v) is 2.65. The quantitative estimate of drug-likeness (QED) is 0.603. The summed E-state index contributed by atoms with van der Waals surface area (Å²) in [6.07, 6.45) is -2.33. The molecular formula is C13H15F4N3. The lowest BCUT2D eigenvalue weighted by molar-refractivity contribution is -0.182. The van der Waals surface area contributed by atoms with Gasteiger partial charge in [-0.25, -0.2) is 14.1 Å². The van der Waals surface area contributed by atoms with E-state index in [0.717, 1.165) is 4.68 Å². The molecule has 1 aromatic heterocycles. The molecule has 0 aromatic carbocycles. The van der Waals surface area contributed by atoms with Crippen LogP contribution in [-0.2, 0) is 0 Å². The van der Waals surface area contributed by atoms with Crippen molar-refractivity contribution in [2.75, 3.05) is 0 Å². The van der Waals surface area contributed by atoms with Crippen LogP contribution in [0.25, 0.3) is 6.20 Å². The fourth-order valence-electron chi connectivity index (χ4n) is 2.65. The van der Waals surface area contributed by atoms with E-state index in [4.69, 9.17) is 0 Å². The largest absolute Gasteiger partial charge is 0.391 e. The van der Waals surface area contributed by atoms with Gasteiger partial charge < -0.3 is 0 Å². The van der Waals surface area contributed by atoms with Gasteiger partial charge in [-0.1, -0.05) is 6.58 Å². The summed E-state index contributed by atoms with van der Waals surface area (Å²) in [5.74, 6) is -2.26. The molecule has 1 aromatic rings. The maximum Gasteiger partial charge on any atom is 0.391 e. The van der Waals surface area contributed by atoms with Gasteiger partial charge in [-0.15, -0.1) is 0 Å². The van der Waals surface area contributed by atoms with E-state index in [9.17, 15) is 17.6 Å². The normalized spacial score (nSPS) is 23.6. The number of hydrogen-bond acceptors (Lipinski definition) is 2. The Morgan fingerprint density at radius 3 is 2.25 bits per heavy atom. The van der Waals surface area contributed by atoms with Gasteiger partial charge in [0.05, 0.1) is 5.92 Å². The minimum absolute atomic E-state index is 0.00536. The van der Waals surface area contributed by atoms with Gasteiger partial charge in [0.2, 0.25) is 0 Å². The fraction of sp³-hybridized carbons (Fsp3) is 0.538. The molecule has 1 aliphatic carbocycles. The molecule has 0 saturated heterocycles. The first kappa shape index (κ1) is 14.7. The highest BCUT2D eigenvalue weighted by atomic mass is 19.4. The van der Waals surface area contributed by atoms with Crippen molar-refractivity contribution in [1.29, 1.82) is 0 Å². The predicted octanol–water partition coefficient (Wildman–Crippen LogP) is 4.29. The lowest BCUT2D eigenvalue weighted by Gasteiger charge is -2.28. The van der Waals surface area contributed by atoms with Gasteiger partial charge in [-0.05, 0) is 32.4 Å². The molecular weight excluding hydrogens is 274 g/mol. The molecule has 0 spiro atoms. The predicted molar refractivity (Wildman–Crippen MR) is 68.5 cm³/mol. The van der Waals surface area contributed by atoms with Gasteiger partial charge in [0.15, 0.2) is 11.6 Å². The number of aromatic nitrogens is 2. The second-order valence-corrected chi connectivity index (χ2v) is 4.90. The van der Waals surface area contributed by atoms with Crippen molar-refractivity contribution in [1.82, 2.24) is 9.78 Å². The van der Waals surface area contributed by atoms with E-state index in [1.807, 2.05) is 0 Å². The zero-order valence-corrected chi connectivity index (χ0v) is 10.8. The van der Waals surface area contributed by atoms with Crippen LogP contribution in [0.4, 0.5) is 23.4 Å². The smallest absolute Gasteiger partial charge is 0.242 e. The molecule has 0 aliphatic heterocycles. The third-order valence-electron chi connectivity index (χ3n) is 3.75. The summed E-state index contributed by atoms with van der Waals surface area (Å²) in [5.41, 5.74) is 0.160. The number of alkyl halides is 3. The molecule has 1 aliphatic rings. The molecule has 2 rings (SSSR count). The molecule has 110 valence electrons. The Kier molecular flexibility index (Phi) is 3.96. The van der Waals surface area contributed by atoms with Gasteiger partial charge >= 0.3 is 6.18 Å². The Hall–Kier alpha value is -1.66. The van der Waals surface area contributed by atoms with Crippen molar-refractivity contribution < 1.29 is 17.6 Å². The monoisotopic (exact) mass is 289 g/mol. The maximum atomic E-state index is 14.1. The Bertz CT molecular complexity index is 510. The summed E-state index contributed by atoms with van der Waals surface area (Å²) in [4.78, 5) is 3.53. The molecule has 20 heavy (non-hydrogen) atoms. The van der Waals surface area contributed by atoms with Crippen LogP contribution in [0.3, 0.4) is 0 Å². The van der Waals surface area contributed by atoms with Crippen LogP contribution in [0.15, 0.2) is 11.6 Å². The van der Waals surface area contributed by atoms with Crippen LogP contribution in [0.5, 0.6) is 0 Å². The highest BCUT2D eigenvalue weighted by Crippen LogP contribution is 2.43. The highest BCUT2D eigenvalue weighted by Gasteiger charge is 2.42. The topological polar surface area (TPSA) is 30.2 Å². The summed E-state index contributed by atoms with van der Waals surface area (Å²) in [5, 5.41) is 4.02. The van der Waals surface area contributed by atoms with Gasteiger partial charge in [0.1, 0.15) is 5.69 Å². The Balaban J connectivity index is 2.17. The van der Waals surface area contributed by atoms with E-state index in [2.05, 4.69) is 23.4 Å². The molecule has 0 N–H and O–H groups in total. The van der Waals surface area contributed by atoms with Crippen molar-refractivity contribution >= 4 is 18.7 Å². The van der Waals surface area contributed by atoms with Crippen LogP contribution in [0.2, 0.25) is 0 Å². The number of rotatable bonds is 3. The van der Waals surface area contributed by atoms with Crippen LogP contribution in [-0.4, -0.2) is 22.7 Å². The molecule has 3 nitrogen and oxygen atoms in total. The Morgan fingerprint density at radius 1 is 1.25 bits per heavy atom. The summed E-state index contributed by atoms with van der Waals surface area (Å²) in [6, 6.07) is 0. The number of hydrogen-bond donors (Lipinski definition) is 0. The zero-order valence-electron chi connectivity index (χ0n) is 10.8. The molecule has 0 bridgehead atoms. The second-order valence-electron chi connectivity index (χ2n) is 4.90. The first-order valence-electron chi connectivity index (χ1n) is 6.32. The summed E-state index contributed by atoms with van der Waals surface area (Å²) in [6.45, 7) is 6.74. The standard InChI is InChI=1S/C13H15F4N3/c1-3-20-12(18-2)10(14)11(19-20)8-4-6-9(7-5-8)13(15,16)17/h3,8-9H,1-2,4-7H2. The van der Waals surface area contributed by atoms with Crippen molar-refractivity contribution in [2.45, 2.75) is 37.8 Å². The van der Waals surface area contributed by atoms with E-state index >= 15 is 0 Å². The highest BCUT2D eigenvalue weighted by molar-refractivity contribution is 5.47. The van der Waals surface area contributed by atoms with E-state index in [0.29, 0.717) is 0 Å². The molecule has 1 fully saturated rings. The van der Waals surface area contributed by atoms with E-state index in [1.54, 1.807) is 0 Å². The first-order valence-corrected chi connectivity index (χ1v) is 6.32. The second kappa shape index (κ2) is 5.38. The number of aliphatic imine (C=N–C) groups is 1. The lowest BCUT2D eigenvalue weighted by atomic mass is 9.80. The van der Waals surface area contributed by atoms with Gasteiger partial charge in [0.25, 0.3) is 0 Å². The summed E-state index contributed by atoms with van der Waals surface area (Å²) in [7, 11) is 0. The van der Waals surface area contributed by atoms with Crippen LogP contribution >= 0.6 is 0 Å². The van der Waals surface area contributed by atoms with E-state index in [1.165, 1.54) is 6.20 Å². The Labute approximate surface area is 114 Å². The number of halogens is 4. The number of nitrogens with zero attached hydrogens (tertiary/aromatic N) is 3. The minimum Gasteiger partial charge on any atom is -0.242 e. The van der Waals surface area contributed by atoms with Gasteiger partial charge in [-0.2, -0.15) is 18.3 Å². The summed E-state index contributed by atoms with van der Waals surface area (Å²) < 4.78 is 53.1. The molecule has 0 radical (unpaired) electrons. The van der Waals surface area contributed by atoms with Crippen LogP contribution in [0.1, 0.15) is 37.3 Å². The molecule has 1 heterocycles. The van der Waals surface area contributed by atoms with Crippen molar-refractivity contribution in [3.8, 4) is 0 Å². The average molecular weight is 289 g/mol. The molecule has 0 unspecified atom stereocenters. The van der Waals surface area contributed by atoms with Crippen molar-refractivity contribution in [3.05, 3.63) is 18.1 Å². The molecule has 7 heteroatoms. The molecule has 0 atom stereocenters. The van der Waals surface area contributed by atoms with Gasteiger partial charge in [0, 0.05) is 12.1 Å². The molecule has 0 amide bonds. The molecule has 1 saturated carbocycles. The maximum absolute atomic E-state index is 14.1. The van der Waals surface area contributed by atoms with Crippen molar-refractivity contribution in [3.63, 3.8) is 0 Å². The van der Waals surface area contributed by atoms with Crippen LogP contribution < -0.4 is 0 Å². The van der Waals surface area contributed by atoms with E-state index in [-0.39, 0.29) is 43.1 Å². The van der Waals surface area contributed by atoms with Crippen LogP contribution in [0, 0.1) is 11.7 Å². The first-order chi connectivity index (χ1) is 9.38. The third-order valence-corrected chi connectivity index (χ3v) is 3.75. The van der Waals surface area contributed by atoms with E-state index < -0.39 is 17.9 Å². The third kappa shape index (κ3) is 2.62. The van der Waals surface area contributed by atoms with Crippen molar-refractivity contribution in [2.24, 2.45) is 10.9 Å². The average Bonchev–Trinajstić information content (AvgIpc) is 2.74. The zero-order chi connectivity index (χ0) is 14.9. The van der Waals surface area contributed by atoms with Gasteiger partial charge in [-0.3, -0.25) is 0 Å². The minimum atomic E-state index is -4.17. The SMILES string of the molecule is C=Cn1nc(C2CCC(C(F)(F)F)CC2)c(F)c1N=C. The lowest BCUT2D eigenvalue weighted by Crippen LogP contribution is -2.27. The Morgan fingerprint density at radius 2 is 1.85 bits per heavy atom.